The minimum atomic E-state index is -0.905. The first-order valence-corrected chi connectivity index (χ1v) is 6.34. The molecule has 0 aliphatic carbocycles. The van der Waals surface area contributed by atoms with Crippen molar-refractivity contribution in [1.29, 1.82) is 0 Å². The molecule has 1 aromatic carbocycles. The van der Waals surface area contributed by atoms with Crippen LogP contribution in [0.2, 0.25) is 0 Å². The number of carboxylic acid groups (broad SMARTS) is 1. The van der Waals surface area contributed by atoms with Gasteiger partial charge in [-0.2, -0.15) is 0 Å². The van der Waals surface area contributed by atoms with Crippen molar-refractivity contribution in [2.75, 3.05) is 7.11 Å². The Labute approximate surface area is 116 Å². The maximum absolute atomic E-state index is 12.3. The molecule has 5 heteroatoms. The van der Waals surface area contributed by atoms with Crippen LogP contribution < -0.4 is 10.3 Å². The number of aryl methyl sites for hydroxylation is 1. The van der Waals surface area contributed by atoms with Gasteiger partial charge in [-0.05, 0) is 18.6 Å². The SMILES string of the molecule is COc1cccc2cc(CC(C)C(=O)O)c(=O)n(C)c12. The molecular weight excluding hydrogens is 258 g/mol. The van der Waals surface area contributed by atoms with Crippen LogP contribution in [0.4, 0.5) is 0 Å². The van der Waals surface area contributed by atoms with Crippen LogP contribution >= 0.6 is 0 Å². The zero-order valence-electron chi connectivity index (χ0n) is 11.7. The topological polar surface area (TPSA) is 68.5 Å². The number of ether oxygens (including phenoxy) is 1. The average molecular weight is 275 g/mol. The molecule has 1 heterocycles. The van der Waals surface area contributed by atoms with Crippen molar-refractivity contribution < 1.29 is 14.6 Å². The molecule has 5 nitrogen and oxygen atoms in total. The third kappa shape index (κ3) is 2.39. The van der Waals surface area contributed by atoms with Crippen molar-refractivity contribution >= 4 is 16.9 Å². The largest absolute Gasteiger partial charge is 0.495 e. The standard InChI is InChI=1S/C15H17NO4/c1-9(15(18)19)7-11-8-10-5-4-6-12(20-3)13(10)16(2)14(11)17/h4-6,8-9H,7H2,1-3H3,(H,18,19). The predicted molar refractivity (Wildman–Crippen MR) is 76.2 cm³/mol. The minimum absolute atomic E-state index is 0.185. The predicted octanol–water partition coefficient (Wildman–Crippen LogP) is 1.81. The normalized spacial score (nSPS) is 12.3. The summed E-state index contributed by atoms with van der Waals surface area (Å²) >= 11 is 0. The summed E-state index contributed by atoms with van der Waals surface area (Å²) in [6, 6.07) is 7.27. The molecule has 1 atom stereocenters. The third-order valence-electron chi connectivity index (χ3n) is 3.44. The monoisotopic (exact) mass is 275 g/mol. The molecule has 106 valence electrons. The summed E-state index contributed by atoms with van der Waals surface area (Å²) in [6.07, 6.45) is 0.217. The summed E-state index contributed by atoms with van der Waals surface area (Å²) in [5.74, 6) is -0.872. The summed E-state index contributed by atoms with van der Waals surface area (Å²) in [6.45, 7) is 1.59. The van der Waals surface area contributed by atoms with Crippen LogP contribution in [0.5, 0.6) is 5.75 Å². The zero-order chi connectivity index (χ0) is 14.9. The number of rotatable bonds is 4. The van der Waals surface area contributed by atoms with Crippen LogP contribution in [0.15, 0.2) is 29.1 Å². The maximum Gasteiger partial charge on any atom is 0.306 e. The quantitative estimate of drug-likeness (QED) is 0.924. The van der Waals surface area contributed by atoms with Crippen LogP contribution in [0, 0.1) is 5.92 Å². The first-order chi connectivity index (χ1) is 9.45. The first kappa shape index (κ1) is 14.1. The fourth-order valence-electron chi connectivity index (χ4n) is 2.31. The molecule has 0 amide bonds. The second-order valence-corrected chi connectivity index (χ2v) is 4.88. The minimum Gasteiger partial charge on any atom is -0.495 e. The van der Waals surface area contributed by atoms with Crippen LogP contribution in [0.25, 0.3) is 10.9 Å². The van der Waals surface area contributed by atoms with Crippen molar-refractivity contribution in [3.63, 3.8) is 0 Å². The molecular formula is C15H17NO4. The van der Waals surface area contributed by atoms with Crippen LogP contribution in [-0.4, -0.2) is 22.8 Å². The van der Waals surface area contributed by atoms with Gasteiger partial charge in [-0.1, -0.05) is 19.1 Å². The van der Waals surface area contributed by atoms with Crippen molar-refractivity contribution in [2.24, 2.45) is 13.0 Å². The van der Waals surface area contributed by atoms with Gasteiger partial charge >= 0.3 is 5.97 Å². The maximum atomic E-state index is 12.3. The van der Waals surface area contributed by atoms with E-state index in [9.17, 15) is 9.59 Å². The second kappa shape index (κ2) is 5.36. The molecule has 0 aliphatic heterocycles. The third-order valence-corrected chi connectivity index (χ3v) is 3.44. The van der Waals surface area contributed by atoms with E-state index in [2.05, 4.69) is 0 Å². The van der Waals surface area contributed by atoms with Gasteiger partial charge in [0.25, 0.3) is 5.56 Å². The Balaban J connectivity index is 2.63. The molecule has 1 aromatic heterocycles. The Morgan fingerprint density at radius 3 is 2.75 bits per heavy atom. The van der Waals surface area contributed by atoms with E-state index in [-0.39, 0.29) is 12.0 Å². The van der Waals surface area contributed by atoms with Crippen molar-refractivity contribution in [2.45, 2.75) is 13.3 Å². The summed E-state index contributed by atoms with van der Waals surface area (Å²) < 4.78 is 6.78. The van der Waals surface area contributed by atoms with Gasteiger partial charge in [0.15, 0.2) is 0 Å². The van der Waals surface area contributed by atoms with E-state index in [0.717, 1.165) is 5.39 Å². The molecule has 2 aromatic rings. The lowest BCUT2D eigenvalue weighted by Crippen LogP contribution is -2.24. The molecule has 0 fully saturated rings. The van der Waals surface area contributed by atoms with Gasteiger partial charge in [-0.25, -0.2) is 0 Å². The van der Waals surface area contributed by atoms with Crippen LogP contribution in [-0.2, 0) is 18.3 Å². The summed E-state index contributed by atoms with van der Waals surface area (Å²) in [5.41, 5.74) is 1.03. The highest BCUT2D eigenvalue weighted by molar-refractivity contribution is 5.85. The lowest BCUT2D eigenvalue weighted by molar-refractivity contribution is -0.141. The van der Waals surface area contributed by atoms with Crippen LogP contribution in [0.1, 0.15) is 12.5 Å². The van der Waals surface area contributed by atoms with Gasteiger partial charge in [0.05, 0.1) is 18.5 Å². The molecule has 2 rings (SSSR count). The fourth-order valence-corrected chi connectivity index (χ4v) is 2.31. The van der Waals surface area contributed by atoms with Gasteiger partial charge < -0.3 is 14.4 Å². The Bertz CT molecular complexity index is 718. The van der Waals surface area contributed by atoms with Gasteiger partial charge in [0, 0.05) is 18.0 Å². The average Bonchev–Trinajstić information content (AvgIpc) is 2.43. The van der Waals surface area contributed by atoms with E-state index in [4.69, 9.17) is 9.84 Å². The smallest absolute Gasteiger partial charge is 0.306 e. The summed E-state index contributed by atoms with van der Waals surface area (Å²) in [4.78, 5) is 23.3. The Hall–Kier alpha value is -2.30. The van der Waals surface area contributed by atoms with Crippen molar-refractivity contribution in [3.05, 3.63) is 40.2 Å². The van der Waals surface area contributed by atoms with E-state index in [0.29, 0.717) is 16.8 Å². The summed E-state index contributed by atoms with van der Waals surface area (Å²) in [7, 11) is 3.22. The molecule has 1 unspecified atom stereocenters. The number of fused-ring (bicyclic) bond motifs is 1. The van der Waals surface area contributed by atoms with Gasteiger partial charge in [-0.15, -0.1) is 0 Å². The number of hydrogen-bond acceptors (Lipinski definition) is 3. The zero-order valence-corrected chi connectivity index (χ0v) is 11.7. The Morgan fingerprint density at radius 2 is 2.15 bits per heavy atom. The number of para-hydroxylation sites is 1. The summed E-state index contributed by atoms with van der Waals surface area (Å²) in [5, 5.41) is 9.83. The number of nitrogens with zero attached hydrogens (tertiary/aromatic N) is 1. The molecule has 0 saturated carbocycles. The number of pyridine rings is 1. The van der Waals surface area contributed by atoms with E-state index in [1.807, 2.05) is 12.1 Å². The molecule has 0 radical (unpaired) electrons. The Kier molecular flexibility index (Phi) is 3.79. The highest BCUT2D eigenvalue weighted by atomic mass is 16.5. The second-order valence-electron chi connectivity index (χ2n) is 4.88. The molecule has 0 spiro atoms. The van der Waals surface area contributed by atoms with E-state index < -0.39 is 11.9 Å². The molecule has 0 saturated heterocycles. The van der Waals surface area contributed by atoms with E-state index in [1.165, 1.54) is 4.57 Å². The number of benzene rings is 1. The van der Waals surface area contributed by atoms with Gasteiger partial charge in [-0.3, -0.25) is 9.59 Å². The lowest BCUT2D eigenvalue weighted by Gasteiger charge is -2.13. The van der Waals surface area contributed by atoms with Crippen molar-refractivity contribution in [1.82, 2.24) is 4.57 Å². The fraction of sp³-hybridized carbons (Fsp3) is 0.333. The number of aromatic nitrogens is 1. The number of carbonyl (C=O) groups is 1. The number of hydrogen-bond donors (Lipinski definition) is 1. The number of methoxy groups -OCH3 is 1. The van der Waals surface area contributed by atoms with Crippen LogP contribution in [0.3, 0.4) is 0 Å². The lowest BCUT2D eigenvalue weighted by atomic mass is 10.0. The first-order valence-electron chi connectivity index (χ1n) is 6.34. The van der Waals surface area contributed by atoms with E-state index in [1.54, 1.807) is 33.2 Å². The molecule has 20 heavy (non-hydrogen) atoms. The number of carboxylic acids is 1. The van der Waals surface area contributed by atoms with E-state index >= 15 is 0 Å². The van der Waals surface area contributed by atoms with Crippen molar-refractivity contribution in [3.8, 4) is 5.75 Å². The highest BCUT2D eigenvalue weighted by Crippen LogP contribution is 2.24. The number of aliphatic carboxylic acids is 1. The molecule has 1 N–H and O–H groups in total. The van der Waals surface area contributed by atoms with Gasteiger partial charge in [0.1, 0.15) is 5.75 Å². The molecule has 0 bridgehead atoms. The van der Waals surface area contributed by atoms with Gasteiger partial charge in [0.2, 0.25) is 0 Å². The molecule has 0 aliphatic rings. The Morgan fingerprint density at radius 1 is 1.45 bits per heavy atom. The highest BCUT2D eigenvalue weighted by Gasteiger charge is 2.16.